The summed E-state index contributed by atoms with van der Waals surface area (Å²) < 4.78 is 0. The Hall–Kier alpha value is -1.39. The van der Waals surface area contributed by atoms with Crippen molar-refractivity contribution in [1.82, 2.24) is 20.5 Å². The Labute approximate surface area is 83.3 Å². The Morgan fingerprint density at radius 1 is 1.64 bits per heavy atom. The number of hydrogen-bond acceptors (Lipinski definition) is 3. The summed E-state index contributed by atoms with van der Waals surface area (Å²) in [5, 5.41) is 9.28. The minimum atomic E-state index is 0.0968. The first kappa shape index (κ1) is 10.7. The van der Waals surface area contributed by atoms with Gasteiger partial charge in [-0.25, -0.2) is 4.98 Å². The van der Waals surface area contributed by atoms with Gasteiger partial charge in [0.2, 0.25) is 5.91 Å². The molecule has 0 saturated carbocycles. The van der Waals surface area contributed by atoms with Gasteiger partial charge in [-0.05, 0) is 5.92 Å². The van der Waals surface area contributed by atoms with Crippen molar-refractivity contribution >= 4 is 5.91 Å². The molecule has 5 nitrogen and oxygen atoms in total. The maximum atomic E-state index is 11.2. The van der Waals surface area contributed by atoms with Crippen molar-refractivity contribution in [2.75, 3.05) is 6.54 Å². The normalized spacial score (nSPS) is 10.5. The Balaban J connectivity index is 2.12. The first-order valence-electron chi connectivity index (χ1n) is 4.79. The number of amides is 1. The highest BCUT2D eigenvalue weighted by atomic mass is 16.1. The molecular formula is C9H16N4O. The maximum absolute atomic E-state index is 11.2. The molecule has 1 aromatic heterocycles. The minimum Gasteiger partial charge on any atom is -0.356 e. The van der Waals surface area contributed by atoms with Crippen LogP contribution in [0.4, 0.5) is 0 Å². The van der Waals surface area contributed by atoms with Gasteiger partial charge < -0.3 is 5.32 Å². The summed E-state index contributed by atoms with van der Waals surface area (Å²) in [6, 6.07) is 0. The molecule has 0 aliphatic heterocycles. The predicted molar refractivity (Wildman–Crippen MR) is 52.6 cm³/mol. The van der Waals surface area contributed by atoms with E-state index in [1.54, 1.807) is 0 Å². The molecule has 0 bridgehead atoms. The zero-order valence-electron chi connectivity index (χ0n) is 8.58. The Morgan fingerprint density at radius 2 is 2.43 bits per heavy atom. The summed E-state index contributed by atoms with van der Waals surface area (Å²) in [6.45, 7) is 4.66. The van der Waals surface area contributed by atoms with Crippen LogP contribution in [-0.2, 0) is 11.2 Å². The largest absolute Gasteiger partial charge is 0.356 e. The number of aromatic amines is 1. The molecule has 5 heteroatoms. The third-order valence-electron chi connectivity index (χ3n) is 1.74. The molecule has 1 heterocycles. The Kier molecular flexibility index (Phi) is 4.10. The molecule has 1 amide bonds. The van der Waals surface area contributed by atoms with Gasteiger partial charge in [-0.15, -0.1) is 0 Å². The number of nitrogens with one attached hydrogen (secondary N) is 2. The molecule has 14 heavy (non-hydrogen) atoms. The summed E-state index contributed by atoms with van der Waals surface area (Å²) in [7, 11) is 0. The van der Waals surface area contributed by atoms with E-state index in [0.29, 0.717) is 25.3 Å². The topological polar surface area (TPSA) is 70.7 Å². The van der Waals surface area contributed by atoms with Gasteiger partial charge in [0.25, 0.3) is 0 Å². The van der Waals surface area contributed by atoms with Crippen molar-refractivity contribution in [3.63, 3.8) is 0 Å². The van der Waals surface area contributed by atoms with E-state index in [-0.39, 0.29) is 5.91 Å². The van der Waals surface area contributed by atoms with Gasteiger partial charge in [0.05, 0.1) is 0 Å². The van der Waals surface area contributed by atoms with E-state index in [2.05, 4.69) is 20.5 Å². The highest BCUT2D eigenvalue weighted by molar-refractivity contribution is 5.75. The minimum absolute atomic E-state index is 0.0968. The van der Waals surface area contributed by atoms with Crippen molar-refractivity contribution in [1.29, 1.82) is 0 Å². The van der Waals surface area contributed by atoms with Crippen molar-refractivity contribution in [2.24, 2.45) is 5.92 Å². The van der Waals surface area contributed by atoms with Crippen LogP contribution in [0.5, 0.6) is 0 Å². The lowest BCUT2D eigenvalue weighted by Crippen LogP contribution is -2.26. The average Bonchev–Trinajstić information content (AvgIpc) is 2.55. The monoisotopic (exact) mass is 196 g/mol. The van der Waals surface area contributed by atoms with Gasteiger partial charge in [0, 0.05) is 19.4 Å². The molecule has 0 atom stereocenters. The molecule has 1 aromatic rings. The zero-order valence-corrected chi connectivity index (χ0v) is 8.58. The summed E-state index contributed by atoms with van der Waals surface area (Å²) in [6.07, 6.45) is 2.74. The molecule has 0 aromatic carbocycles. The van der Waals surface area contributed by atoms with Gasteiger partial charge in [0.15, 0.2) is 0 Å². The number of hydrogen-bond donors (Lipinski definition) is 2. The van der Waals surface area contributed by atoms with Gasteiger partial charge >= 0.3 is 0 Å². The molecule has 2 N–H and O–H groups in total. The molecule has 0 spiro atoms. The number of rotatable bonds is 5. The van der Waals surface area contributed by atoms with E-state index in [4.69, 9.17) is 0 Å². The van der Waals surface area contributed by atoms with Crippen molar-refractivity contribution in [3.8, 4) is 0 Å². The summed E-state index contributed by atoms with van der Waals surface area (Å²) in [5.74, 6) is 1.30. The number of H-pyrrole nitrogens is 1. The van der Waals surface area contributed by atoms with E-state index in [1.165, 1.54) is 6.33 Å². The lowest BCUT2D eigenvalue weighted by Gasteiger charge is -2.05. The Morgan fingerprint density at radius 3 is 3.00 bits per heavy atom. The van der Waals surface area contributed by atoms with Crippen LogP contribution in [0.2, 0.25) is 0 Å². The number of carbonyl (C=O) groups is 1. The molecule has 0 fully saturated rings. The van der Waals surface area contributed by atoms with Crippen LogP contribution in [-0.4, -0.2) is 27.6 Å². The smallest absolute Gasteiger partial charge is 0.220 e. The highest BCUT2D eigenvalue weighted by Crippen LogP contribution is 1.97. The number of aromatic nitrogens is 3. The van der Waals surface area contributed by atoms with Crippen LogP contribution in [0.15, 0.2) is 6.33 Å². The van der Waals surface area contributed by atoms with Crippen molar-refractivity contribution in [2.45, 2.75) is 26.7 Å². The first-order chi connectivity index (χ1) is 6.68. The van der Waals surface area contributed by atoms with Gasteiger partial charge in [-0.1, -0.05) is 13.8 Å². The standard InChI is InChI=1S/C9H16N4O/c1-7(2)5-9(14)10-4-3-8-11-6-12-13-8/h6-7H,3-5H2,1-2H3,(H,10,14)(H,11,12,13). The van der Waals surface area contributed by atoms with Crippen LogP contribution in [0.25, 0.3) is 0 Å². The maximum Gasteiger partial charge on any atom is 0.220 e. The summed E-state index contributed by atoms with van der Waals surface area (Å²) >= 11 is 0. The second-order valence-corrected chi connectivity index (χ2v) is 3.63. The average molecular weight is 196 g/mol. The highest BCUT2D eigenvalue weighted by Gasteiger charge is 2.03. The zero-order chi connectivity index (χ0) is 10.4. The van der Waals surface area contributed by atoms with E-state index >= 15 is 0 Å². The molecular weight excluding hydrogens is 180 g/mol. The molecule has 78 valence electrons. The van der Waals surface area contributed by atoms with Crippen molar-refractivity contribution < 1.29 is 4.79 Å². The van der Waals surface area contributed by atoms with Crippen LogP contribution >= 0.6 is 0 Å². The second kappa shape index (κ2) is 5.36. The van der Waals surface area contributed by atoms with Crippen molar-refractivity contribution in [3.05, 3.63) is 12.2 Å². The Bertz CT molecular complexity index is 268. The van der Waals surface area contributed by atoms with E-state index in [0.717, 1.165) is 5.82 Å². The molecule has 0 unspecified atom stereocenters. The van der Waals surface area contributed by atoms with Crippen LogP contribution in [0.1, 0.15) is 26.1 Å². The van der Waals surface area contributed by atoms with Crippen LogP contribution in [0, 0.1) is 5.92 Å². The van der Waals surface area contributed by atoms with Gasteiger partial charge in [-0.3, -0.25) is 9.89 Å². The summed E-state index contributed by atoms with van der Waals surface area (Å²) in [4.78, 5) is 15.2. The third-order valence-corrected chi connectivity index (χ3v) is 1.74. The molecule has 0 saturated heterocycles. The van der Waals surface area contributed by atoms with Crippen LogP contribution in [0.3, 0.4) is 0 Å². The molecule has 1 rings (SSSR count). The first-order valence-corrected chi connectivity index (χ1v) is 4.79. The van der Waals surface area contributed by atoms with E-state index < -0.39 is 0 Å². The molecule has 0 aliphatic rings. The third kappa shape index (κ3) is 4.02. The lowest BCUT2D eigenvalue weighted by molar-refractivity contribution is -0.121. The molecule has 0 aliphatic carbocycles. The fourth-order valence-electron chi connectivity index (χ4n) is 1.11. The lowest BCUT2D eigenvalue weighted by atomic mass is 10.1. The van der Waals surface area contributed by atoms with E-state index in [1.807, 2.05) is 13.8 Å². The predicted octanol–water partition coefficient (Wildman–Crippen LogP) is 0.509. The quantitative estimate of drug-likeness (QED) is 0.720. The molecule has 0 radical (unpaired) electrons. The number of carbonyl (C=O) groups excluding carboxylic acids is 1. The van der Waals surface area contributed by atoms with Gasteiger partial charge in [0.1, 0.15) is 12.2 Å². The van der Waals surface area contributed by atoms with Crippen LogP contribution < -0.4 is 5.32 Å². The SMILES string of the molecule is CC(C)CC(=O)NCCc1ncn[nH]1. The second-order valence-electron chi connectivity index (χ2n) is 3.63. The van der Waals surface area contributed by atoms with Gasteiger partial charge in [-0.2, -0.15) is 5.10 Å². The summed E-state index contributed by atoms with van der Waals surface area (Å²) in [5.41, 5.74) is 0. The fourth-order valence-corrected chi connectivity index (χ4v) is 1.11. The fraction of sp³-hybridized carbons (Fsp3) is 0.667. The van der Waals surface area contributed by atoms with E-state index in [9.17, 15) is 4.79 Å². The number of nitrogens with zero attached hydrogens (tertiary/aromatic N) is 2.